The van der Waals surface area contributed by atoms with Gasteiger partial charge in [-0.2, -0.15) is 0 Å². The topological polar surface area (TPSA) is 28.7 Å². The van der Waals surface area contributed by atoms with Crippen LogP contribution in [0.2, 0.25) is 0 Å². The molecule has 0 atom stereocenters. The van der Waals surface area contributed by atoms with Crippen molar-refractivity contribution in [1.29, 1.82) is 0 Å². The maximum atomic E-state index is 4.63. The number of imidazole rings is 1. The average Bonchev–Trinajstić information content (AvgIpc) is 3.02. The zero-order valence-corrected chi connectivity index (χ0v) is 10.4. The fourth-order valence-electron chi connectivity index (χ4n) is 2.17. The van der Waals surface area contributed by atoms with Gasteiger partial charge in [-0.15, -0.1) is 11.3 Å². The molecular weight excluding hydrogens is 240 g/mol. The molecule has 0 radical (unpaired) electrons. The van der Waals surface area contributed by atoms with Crippen molar-refractivity contribution >= 4 is 32.5 Å². The van der Waals surface area contributed by atoms with Crippen molar-refractivity contribution in [3.63, 3.8) is 0 Å². The number of H-pyrrole nitrogens is 1. The van der Waals surface area contributed by atoms with E-state index < -0.39 is 0 Å². The number of fused-ring (bicyclic) bond motifs is 2. The number of nitrogens with one attached hydrogen (secondary N) is 1. The van der Waals surface area contributed by atoms with E-state index >= 15 is 0 Å². The predicted molar refractivity (Wildman–Crippen MR) is 76.9 cm³/mol. The molecule has 4 rings (SSSR count). The van der Waals surface area contributed by atoms with Gasteiger partial charge in [-0.3, -0.25) is 0 Å². The van der Waals surface area contributed by atoms with Crippen molar-refractivity contribution in [2.24, 2.45) is 0 Å². The van der Waals surface area contributed by atoms with Gasteiger partial charge in [-0.1, -0.05) is 30.3 Å². The maximum absolute atomic E-state index is 4.63. The van der Waals surface area contributed by atoms with E-state index in [2.05, 4.69) is 46.4 Å². The van der Waals surface area contributed by atoms with E-state index in [1.54, 1.807) is 11.3 Å². The third-order valence-electron chi connectivity index (χ3n) is 3.05. The molecule has 0 aliphatic carbocycles. The lowest BCUT2D eigenvalue weighted by Gasteiger charge is -1.86. The lowest BCUT2D eigenvalue weighted by Crippen LogP contribution is -1.72. The Morgan fingerprint density at radius 2 is 1.78 bits per heavy atom. The van der Waals surface area contributed by atoms with Gasteiger partial charge in [-0.05, 0) is 29.7 Å². The molecular formula is C15H10N2S. The fourth-order valence-corrected chi connectivity index (χ4v) is 3.18. The highest BCUT2D eigenvalue weighted by Crippen LogP contribution is 2.32. The summed E-state index contributed by atoms with van der Waals surface area (Å²) < 4.78 is 1.30. The molecule has 1 N–H and O–H groups in total. The van der Waals surface area contributed by atoms with Crippen molar-refractivity contribution in [3.05, 3.63) is 54.6 Å². The Hall–Kier alpha value is -2.13. The van der Waals surface area contributed by atoms with Gasteiger partial charge < -0.3 is 4.98 Å². The van der Waals surface area contributed by atoms with Crippen LogP contribution >= 0.6 is 11.3 Å². The molecule has 0 saturated carbocycles. The Balaban J connectivity index is 1.95. The summed E-state index contributed by atoms with van der Waals surface area (Å²) in [7, 11) is 0. The molecule has 0 unspecified atom stereocenters. The molecule has 86 valence electrons. The van der Waals surface area contributed by atoms with Gasteiger partial charge in [0.25, 0.3) is 0 Å². The molecule has 2 aromatic carbocycles. The quantitative estimate of drug-likeness (QED) is 0.531. The third kappa shape index (κ3) is 1.45. The van der Waals surface area contributed by atoms with Crippen LogP contribution in [0.4, 0.5) is 0 Å². The van der Waals surface area contributed by atoms with Crippen molar-refractivity contribution < 1.29 is 0 Å². The number of para-hydroxylation sites is 2. The lowest BCUT2D eigenvalue weighted by atomic mass is 10.2. The van der Waals surface area contributed by atoms with Gasteiger partial charge in [0, 0.05) is 4.70 Å². The van der Waals surface area contributed by atoms with Gasteiger partial charge in [0.15, 0.2) is 0 Å². The highest BCUT2D eigenvalue weighted by atomic mass is 32.1. The number of hydrogen-bond acceptors (Lipinski definition) is 2. The van der Waals surface area contributed by atoms with E-state index in [0.29, 0.717) is 0 Å². The Kier molecular flexibility index (Phi) is 2.02. The minimum Gasteiger partial charge on any atom is -0.337 e. The number of hydrogen-bond donors (Lipinski definition) is 1. The highest BCUT2D eigenvalue weighted by molar-refractivity contribution is 7.22. The van der Waals surface area contributed by atoms with E-state index in [-0.39, 0.29) is 0 Å². The SMILES string of the molecule is c1ccc2sc(-c3nc4ccccc4[nH]3)cc2c1. The molecule has 2 heterocycles. The fraction of sp³-hybridized carbons (Fsp3) is 0. The molecule has 0 amide bonds. The van der Waals surface area contributed by atoms with Crippen LogP contribution in [0, 0.1) is 0 Å². The van der Waals surface area contributed by atoms with E-state index in [1.807, 2.05) is 18.2 Å². The molecule has 0 saturated heterocycles. The zero-order valence-electron chi connectivity index (χ0n) is 9.55. The molecule has 2 aromatic heterocycles. The third-order valence-corrected chi connectivity index (χ3v) is 4.17. The first-order valence-electron chi connectivity index (χ1n) is 5.84. The molecule has 0 fully saturated rings. The number of aromatic nitrogens is 2. The lowest BCUT2D eigenvalue weighted by molar-refractivity contribution is 1.36. The standard InChI is InChI=1S/C15H10N2S/c1-4-8-13-10(5-1)9-14(18-13)15-16-11-6-2-3-7-12(11)17-15/h1-9H,(H,16,17). The molecule has 0 bridgehead atoms. The van der Waals surface area contributed by atoms with Crippen LogP contribution < -0.4 is 0 Å². The minimum absolute atomic E-state index is 0.956. The monoisotopic (exact) mass is 250 g/mol. The van der Waals surface area contributed by atoms with E-state index in [4.69, 9.17) is 0 Å². The Labute approximate surface area is 108 Å². The molecule has 3 heteroatoms. The number of nitrogens with zero attached hydrogens (tertiary/aromatic N) is 1. The largest absolute Gasteiger partial charge is 0.337 e. The Morgan fingerprint density at radius 3 is 2.67 bits per heavy atom. The van der Waals surface area contributed by atoms with Gasteiger partial charge in [-0.25, -0.2) is 4.98 Å². The first-order valence-corrected chi connectivity index (χ1v) is 6.65. The van der Waals surface area contributed by atoms with Crippen LogP contribution in [-0.2, 0) is 0 Å². The summed E-state index contributed by atoms with van der Waals surface area (Å²) in [5, 5.41) is 1.28. The number of rotatable bonds is 1. The molecule has 0 aliphatic heterocycles. The van der Waals surface area contributed by atoms with Crippen LogP contribution in [0.5, 0.6) is 0 Å². The number of benzene rings is 2. The summed E-state index contributed by atoms with van der Waals surface area (Å²) >= 11 is 1.77. The average molecular weight is 250 g/mol. The van der Waals surface area contributed by atoms with Gasteiger partial charge in [0.05, 0.1) is 15.9 Å². The van der Waals surface area contributed by atoms with Crippen molar-refractivity contribution in [1.82, 2.24) is 9.97 Å². The second-order valence-corrected chi connectivity index (χ2v) is 5.33. The summed E-state index contributed by atoms with van der Waals surface area (Å²) in [6.07, 6.45) is 0. The highest BCUT2D eigenvalue weighted by Gasteiger charge is 2.08. The summed E-state index contributed by atoms with van der Waals surface area (Å²) in [4.78, 5) is 9.19. The van der Waals surface area contributed by atoms with E-state index in [9.17, 15) is 0 Å². The van der Waals surface area contributed by atoms with Crippen LogP contribution in [0.3, 0.4) is 0 Å². The summed E-state index contributed by atoms with van der Waals surface area (Å²) in [6, 6.07) is 18.7. The van der Waals surface area contributed by atoms with Crippen molar-refractivity contribution in [2.75, 3.05) is 0 Å². The van der Waals surface area contributed by atoms with Gasteiger partial charge in [0.2, 0.25) is 0 Å². The van der Waals surface area contributed by atoms with Crippen molar-refractivity contribution in [3.8, 4) is 10.7 Å². The first kappa shape index (κ1) is 9.85. The minimum atomic E-state index is 0.956. The van der Waals surface area contributed by atoms with Crippen LogP contribution in [-0.4, -0.2) is 9.97 Å². The summed E-state index contributed by atoms with van der Waals surface area (Å²) in [5.74, 6) is 0.956. The zero-order chi connectivity index (χ0) is 11.9. The van der Waals surface area contributed by atoms with Crippen LogP contribution in [0.15, 0.2) is 54.6 Å². The first-order chi connectivity index (χ1) is 8.90. The molecule has 0 aliphatic rings. The second kappa shape index (κ2) is 3.68. The second-order valence-electron chi connectivity index (χ2n) is 4.25. The molecule has 0 spiro atoms. The normalized spacial score (nSPS) is 11.3. The number of aromatic amines is 1. The number of thiophene rings is 1. The molecule has 18 heavy (non-hydrogen) atoms. The summed E-state index contributed by atoms with van der Waals surface area (Å²) in [6.45, 7) is 0. The van der Waals surface area contributed by atoms with Crippen LogP contribution in [0.1, 0.15) is 0 Å². The van der Waals surface area contributed by atoms with Gasteiger partial charge in [0.1, 0.15) is 5.82 Å². The van der Waals surface area contributed by atoms with Crippen LogP contribution in [0.25, 0.3) is 31.8 Å². The van der Waals surface area contributed by atoms with E-state index in [1.165, 1.54) is 15.0 Å². The van der Waals surface area contributed by atoms with Crippen molar-refractivity contribution in [2.45, 2.75) is 0 Å². The summed E-state index contributed by atoms with van der Waals surface area (Å²) in [5.41, 5.74) is 2.11. The van der Waals surface area contributed by atoms with Gasteiger partial charge >= 0.3 is 0 Å². The molecule has 2 nitrogen and oxygen atoms in total. The van der Waals surface area contributed by atoms with E-state index in [0.717, 1.165) is 16.9 Å². The smallest absolute Gasteiger partial charge is 0.148 e. The Morgan fingerprint density at radius 1 is 0.944 bits per heavy atom. The predicted octanol–water partition coefficient (Wildman–Crippen LogP) is 4.44. The Bertz CT molecular complexity index is 704. The molecule has 4 aromatic rings. The maximum Gasteiger partial charge on any atom is 0.148 e.